The van der Waals surface area contributed by atoms with Crippen LogP contribution < -0.4 is 19.7 Å². The smallest absolute Gasteiger partial charge is 0.265 e. The molecule has 1 fully saturated rings. The topological polar surface area (TPSA) is 84.9 Å². The summed E-state index contributed by atoms with van der Waals surface area (Å²) in [5, 5.41) is 3.45. The first-order valence-corrected chi connectivity index (χ1v) is 11.6. The normalized spacial score (nSPS) is 16.1. The van der Waals surface area contributed by atoms with E-state index in [9.17, 15) is 14.4 Å². The molecule has 8 heteroatoms. The van der Waals surface area contributed by atoms with Gasteiger partial charge in [0, 0.05) is 11.6 Å². The first kappa shape index (κ1) is 23.1. The van der Waals surface area contributed by atoms with Gasteiger partial charge in [-0.3, -0.25) is 19.3 Å². The van der Waals surface area contributed by atoms with Gasteiger partial charge in [0.25, 0.3) is 5.91 Å². The molecule has 33 heavy (non-hydrogen) atoms. The summed E-state index contributed by atoms with van der Waals surface area (Å²) in [5.74, 6) is 0.0766. The van der Waals surface area contributed by atoms with Crippen LogP contribution in [-0.4, -0.2) is 43.4 Å². The largest absolute Gasteiger partial charge is 0.484 e. The number of nitrogens with one attached hydrogen (secondary N) is 1. The van der Waals surface area contributed by atoms with Crippen molar-refractivity contribution in [3.05, 3.63) is 52.5 Å². The molecule has 1 aliphatic carbocycles. The highest BCUT2D eigenvalue weighted by atomic mass is 35.5. The summed E-state index contributed by atoms with van der Waals surface area (Å²) in [7, 11) is 0. The van der Waals surface area contributed by atoms with E-state index in [2.05, 4.69) is 5.32 Å². The number of anilines is 1. The molecule has 0 spiro atoms. The first-order chi connectivity index (χ1) is 15.9. The second kappa shape index (κ2) is 10.3. The van der Waals surface area contributed by atoms with E-state index in [0.717, 1.165) is 31.2 Å². The Labute approximate surface area is 198 Å². The van der Waals surface area contributed by atoms with Crippen molar-refractivity contribution in [3.63, 3.8) is 0 Å². The fourth-order valence-corrected chi connectivity index (χ4v) is 4.33. The number of nitrogens with zero attached hydrogens (tertiary/aromatic N) is 1. The van der Waals surface area contributed by atoms with Crippen molar-refractivity contribution in [2.45, 2.75) is 45.1 Å². The molecule has 1 saturated carbocycles. The van der Waals surface area contributed by atoms with Crippen LogP contribution >= 0.6 is 11.6 Å². The summed E-state index contributed by atoms with van der Waals surface area (Å²) in [6.45, 7) is 1.44. The van der Waals surface area contributed by atoms with Crippen molar-refractivity contribution in [2.75, 3.05) is 24.7 Å². The van der Waals surface area contributed by atoms with E-state index in [-0.39, 0.29) is 43.4 Å². The van der Waals surface area contributed by atoms with E-state index in [1.807, 2.05) is 13.0 Å². The number of hydrogen-bond acceptors (Lipinski definition) is 5. The number of aryl methyl sites for hydroxylation is 1. The van der Waals surface area contributed by atoms with E-state index in [0.29, 0.717) is 27.8 Å². The number of hydrogen-bond donors (Lipinski definition) is 1. The predicted molar refractivity (Wildman–Crippen MR) is 125 cm³/mol. The standard InChI is InChI=1S/C25H27ClN2O5/c1-16-7-9-19(26)23(11-16)32-14-21(29)17-8-10-22-20(12-17)28(25(31)15-33-22)13-24(30)27-18-5-3-2-4-6-18/h7-12,18H,2-6,13-15H2,1H3,(H,27,30). The molecule has 0 atom stereocenters. The third-order valence-electron chi connectivity index (χ3n) is 5.94. The number of carbonyl (C=O) groups excluding carboxylic acids is 3. The summed E-state index contributed by atoms with van der Waals surface area (Å²) in [6.07, 6.45) is 5.32. The van der Waals surface area contributed by atoms with Gasteiger partial charge in [-0.2, -0.15) is 0 Å². The summed E-state index contributed by atoms with van der Waals surface area (Å²) >= 11 is 6.14. The molecule has 1 N–H and O–H groups in total. The number of benzene rings is 2. The molecule has 4 rings (SSSR count). The molecule has 0 bridgehead atoms. The Balaban J connectivity index is 1.46. The number of fused-ring (bicyclic) bond motifs is 1. The third-order valence-corrected chi connectivity index (χ3v) is 6.25. The zero-order valence-corrected chi connectivity index (χ0v) is 19.3. The molecule has 0 unspecified atom stereocenters. The van der Waals surface area contributed by atoms with Gasteiger partial charge < -0.3 is 14.8 Å². The minimum Gasteiger partial charge on any atom is -0.484 e. The molecule has 174 valence electrons. The Bertz CT molecular complexity index is 1060. The van der Waals surface area contributed by atoms with Crippen LogP contribution in [0.25, 0.3) is 0 Å². The lowest BCUT2D eigenvalue weighted by Crippen LogP contribution is -2.47. The van der Waals surface area contributed by atoms with Gasteiger partial charge in [0.1, 0.15) is 18.0 Å². The van der Waals surface area contributed by atoms with E-state index >= 15 is 0 Å². The van der Waals surface area contributed by atoms with E-state index in [4.69, 9.17) is 21.1 Å². The van der Waals surface area contributed by atoms with Gasteiger partial charge in [-0.15, -0.1) is 0 Å². The van der Waals surface area contributed by atoms with Gasteiger partial charge in [0.05, 0.1) is 10.7 Å². The molecule has 2 aliphatic rings. The maximum absolute atomic E-state index is 12.8. The number of Topliss-reactive ketones (excluding diaryl/α,β-unsaturated/α-hetero) is 1. The monoisotopic (exact) mass is 470 g/mol. The predicted octanol–water partition coefficient (Wildman–Crippen LogP) is 4.08. The van der Waals surface area contributed by atoms with Crippen LogP contribution in [0.5, 0.6) is 11.5 Å². The van der Waals surface area contributed by atoms with Gasteiger partial charge in [-0.25, -0.2) is 0 Å². The molecule has 2 aromatic carbocycles. The zero-order valence-electron chi connectivity index (χ0n) is 18.6. The van der Waals surface area contributed by atoms with E-state index < -0.39 is 0 Å². The van der Waals surface area contributed by atoms with Crippen LogP contribution in [0.3, 0.4) is 0 Å². The van der Waals surface area contributed by atoms with Gasteiger partial charge >= 0.3 is 0 Å². The molecule has 0 saturated heterocycles. The molecule has 2 amide bonds. The first-order valence-electron chi connectivity index (χ1n) is 11.2. The Morgan fingerprint density at radius 2 is 1.94 bits per heavy atom. The second-order valence-electron chi connectivity index (χ2n) is 8.50. The van der Waals surface area contributed by atoms with Crippen LogP contribution in [0.1, 0.15) is 48.0 Å². The van der Waals surface area contributed by atoms with E-state index in [1.54, 1.807) is 30.3 Å². The number of halogens is 1. The Morgan fingerprint density at radius 3 is 2.73 bits per heavy atom. The SMILES string of the molecule is Cc1ccc(Cl)c(OCC(=O)c2ccc3c(c2)N(CC(=O)NC2CCCCC2)C(=O)CO3)c1. The second-order valence-corrected chi connectivity index (χ2v) is 8.91. The molecule has 1 aliphatic heterocycles. The number of ketones is 1. The van der Waals surface area contributed by atoms with Crippen molar-refractivity contribution in [1.29, 1.82) is 0 Å². The summed E-state index contributed by atoms with van der Waals surface area (Å²) in [6, 6.07) is 10.3. The summed E-state index contributed by atoms with van der Waals surface area (Å²) in [5.41, 5.74) is 1.73. The van der Waals surface area contributed by atoms with Gasteiger partial charge in [-0.1, -0.05) is 36.9 Å². The van der Waals surface area contributed by atoms with Crippen molar-refractivity contribution < 1.29 is 23.9 Å². The number of carbonyl (C=O) groups is 3. The number of ether oxygens (including phenoxy) is 2. The Kier molecular flexibility index (Phi) is 7.18. The lowest BCUT2D eigenvalue weighted by Gasteiger charge is -2.30. The van der Waals surface area contributed by atoms with Gasteiger partial charge in [-0.05, 0) is 55.7 Å². The van der Waals surface area contributed by atoms with Crippen molar-refractivity contribution in [2.24, 2.45) is 0 Å². The molecular formula is C25H27ClN2O5. The van der Waals surface area contributed by atoms with Crippen molar-refractivity contribution in [3.8, 4) is 11.5 Å². The highest BCUT2D eigenvalue weighted by Crippen LogP contribution is 2.33. The number of rotatable bonds is 7. The molecular weight excluding hydrogens is 444 g/mol. The average molecular weight is 471 g/mol. The van der Waals surface area contributed by atoms with Gasteiger partial charge in [0.15, 0.2) is 19.0 Å². The maximum Gasteiger partial charge on any atom is 0.265 e. The molecule has 2 aromatic rings. The molecule has 0 radical (unpaired) electrons. The van der Waals surface area contributed by atoms with Crippen LogP contribution in [-0.2, 0) is 9.59 Å². The van der Waals surface area contributed by atoms with Crippen molar-refractivity contribution >= 4 is 34.9 Å². The maximum atomic E-state index is 12.8. The fourth-order valence-electron chi connectivity index (χ4n) is 4.16. The Hall–Kier alpha value is -3.06. The minimum absolute atomic E-state index is 0.112. The molecule has 7 nitrogen and oxygen atoms in total. The van der Waals surface area contributed by atoms with Crippen LogP contribution in [0.15, 0.2) is 36.4 Å². The third kappa shape index (κ3) is 5.66. The molecule has 1 heterocycles. The van der Waals surface area contributed by atoms with Crippen LogP contribution in [0.2, 0.25) is 5.02 Å². The van der Waals surface area contributed by atoms with Crippen LogP contribution in [0, 0.1) is 6.92 Å². The molecule has 0 aromatic heterocycles. The summed E-state index contributed by atoms with van der Waals surface area (Å²) in [4.78, 5) is 39.3. The minimum atomic E-state index is -0.325. The van der Waals surface area contributed by atoms with Crippen LogP contribution in [0.4, 0.5) is 5.69 Å². The fraction of sp³-hybridized carbons (Fsp3) is 0.400. The Morgan fingerprint density at radius 1 is 1.15 bits per heavy atom. The number of amides is 2. The average Bonchev–Trinajstić information content (AvgIpc) is 2.81. The quantitative estimate of drug-likeness (QED) is 0.616. The van der Waals surface area contributed by atoms with E-state index in [1.165, 1.54) is 11.3 Å². The highest BCUT2D eigenvalue weighted by Gasteiger charge is 2.29. The van der Waals surface area contributed by atoms with Crippen molar-refractivity contribution in [1.82, 2.24) is 5.32 Å². The lowest BCUT2D eigenvalue weighted by atomic mass is 9.95. The highest BCUT2D eigenvalue weighted by molar-refractivity contribution is 6.32. The van der Waals surface area contributed by atoms with Gasteiger partial charge in [0.2, 0.25) is 5.91 Å². The summed E-state index contributed by atoms with van der Waals surface area (Å²) < 4.78 is 11.1. The zero-order chi connectivity index (χ0) is 23.4. The lowest BCUT2D eigenvalue weighted by molar-refractivity contribution is -0.125.